The van der Waals surface area contributed by atoms with E-state index in [1.807, 2.05) is 24.3 Å². The molecule has 0 N–H and O–H groups in total. The van der Waals surface area contributed by atoms with Crippen molar-refractivity contribution in [2.75, 3.05) is 0 Å². The lowest BCUT2D eigenvalue weighted by molar-refractivity contribution is 0.499. The molecule has 1 aliphatic rings. The van der Waals surface area contributed by atoms with Crippen LogP contribution in [0, 0.1) is 23.3 Å². The van der Waals surface area contributed by atoms with Crippen LogP contribution >= 0.6 is 27.7 Å². The first-order valence-electron chi connectivity index (χ1n) is 7.10. The highest BCUT2D eigenvalue weighted by Crippen LogP contribution is 2.49. The monoisotopic (exact) mass is 443 g/mol. The fraction of sp³-hybridized carbons (Fsp3) is 0. The first-order chi connectivity index (χ1) is 11.9. The van der Waals surface area contributed by atoms with E-state index in [0.29, 0.717) is 19.6 Å². The average Bonchev–Trinajstić information content (AvgIpc) is 2.57. The molecule has 1 aliphatic heterocycles. The van der Waals surface area contributed by atoms with Crippen molar-refractivity contribution < 1.29 is 17.6 Å². The minimum absolute atomic E-state index is 0.503. The van der Waals surface area contributed by atoms with Crippen molar-refractivity contribution in [2.24, 2.45) is 0 Å². The van der Waals surface area contributed by atoms with E-state index in [1.165, 1.54) is 0 Å². The summed E-state index contributed by atoms with van der Waals surface area (Å²) in [5, 5.41) is 0. The van der Waals surface area contributed by atoms with Gasteiger partial charge in [0.15, 0.2) is 38.0 Å². The largest absolute Gasteiger partial charge is 0.204 e. The first kappa shape index (κ1) is 17.0. The molecule has 1 heterocycles. The van der Waals surface area contributed by atoms with Crippen LogP contribution in [0.25, 0.3) is 0 Å². The Morgan fingerprint density at radius 1 is 0.680 bits per heavy atom. The van der Waals surface area contributed by atoms with E-state index in [-0.39, 0.29) is 0 Å². The van der Waals surface area contributed by atoms with Gasteiger partial charge in [-0.15, -0.1) is 0 Å². The molecule has 0 aliphatic carbocycles. The van der Waals surface area contributed by atoms with Gasteiger partial charge >= 0.3 is 0 Å². The Hall–Kier alpha value is -1.44. The zero-order valence-electron chi connectivity index (χ0n) is 12.3. The molecule has 126 valence electrons. The van der Waals surface area contributed by atoms with Crippen molar-refractivity contribution in [2.45, 2.75) is 24.5 Å². The molecular weight excluding hydrogens is 436 g/mol. The third-order valence-corrected chi connectivity index (χ3v) is 7.88. The van der Waals surface area contributed by atoms with Crippen LogP contribution in [0.5, 0.6) is 0 Å². The summed E-state index contributed by atoms with van der Waals surface area (Å²) in [6.07, 6.45) is 0. The van der Waals surface area contributed by atoms with Gasteiger partial charge in [-0.2, -0.15) is 0 Å². The molecule has 4 rings (SSSR count). The van der Waals surface area contributed by atoms with Gasteiger partial charge in [0.25, 0.3) is 0 Å². The predicted molar refractivity (Wildman–Crippen MR) is 93.1 cm³/mol. The van der Waals surface area contributed by atoms with Crippen molar-refractivity contribution in [1.82, 2.24) is 0 Å². The average molecular weight is 444 g/mol. The van der Waals surface area contributed by atoms with Crippen LogP contribution in [-0.4, -0.2) is 0 Å². The van der Waals surface area contributed by atoms with E-state index in [1.54, 1.807) is 0 Å². The van der Waals surface area contributed by atoms with Crippen molar-refractivity contribution in [1.29, 1.82) is 0 Å². The number of halogens is 5. The minimum Gasteiger partial charge on any atom is -0.204 e. The summed E-state index contributed by atoms with van der Waals surface area (Å²) in [5.74, 6) is -3.84. The van der Waals surface area contributed by atoms with E-state index in [2.05, 4.69) is 15.9 Å². The Labute approximate surface area is 156 Å². The Morgan fingerprint density at radius 2 is 1.12 bits per heavy atom. The van der Waals surface area contributed by atoms with Gasteiger partial charge in [-0.3, -0.25) is 0 Å². The molecule has 0 spiro atoms. The summed E-state index contributed by atoms with van der Waals surface area (Å²) >= 11 is 4.47. The number of rotatable bonds is 1. The van der Waals surface area contributed by atoms with Crippen molar-refractivity contribution >= 4 is 38.6 Å². The van der Waals surface area contributed by atoms with E-state index in [9.17, 15) is 17.6 Å². The maximum atomic E-state index is 13.9. The minimum atomic E-state index is -0.961. The number of hydrogen-bond donors (Lipinski definition) is 0. The molecule has 0 saturated heterocycles. The molecule has 25 heavy (non-hydrogen) atoms. The molecule has 0 radical (unpaired) electrons. The van der Waals surface area contributed by atoms with Gasteiger partial charge in [-0.25, -0.2) is 17.6 Å². The van der Waals surface area contributed by atoms with E-state index >= 15 is 0 Å². The highest BCUT2D eigenvalue weighted by atomic mass is 79.9. The standard InChI is InChI=1S/C18H8BrF4S2/c19-9-1-3-10(4-2-9)25-17-7-13(22)11(20)5-15(17)24-16-6-12(21)14(23)8-18(16)25/h1-8H/q+1. The molecule has 0 fully saturated rings. The second-order valence-corrected chi connectivity index (χ2v) is 9.25. The summed E-state index contributed by atoms with van der Waals surface area (Å²) in [5.41, 5.74) is 0. The van der Waals surface area contributed by atoms with Crippen molar-refractivity contribution in [3.8, 4) is 0 Å². The molecule has 0 nitrogen and oxygen atoms in total. The maximum Gasteiger partial charge on any atom is 0.183 e. The first-order valence-corrected chi connectivity index (χ1v) is 9.93. The zero-order valence-corrected chi connectivity index (χ0v) is 15.5. The summed E-state index contributed by atoms with van der Waals surface area (Å²) in [7, 11) is -0.858. The summed E-state index contributed by atoms with van der Waals surface area (Å²) in [6.45, 7) is 0. The summed E-state index contributed by atoms with van der Waals surface area (Å²) in [4.78, 5) is 2.93. The molecule has 3 aromatic carbocycles. The van der Waals surface area contributed by atoms with Gasteiger partial charge in [0, 0.05) is 16.6 Å². The highest BCUT2D eigenvalue weighted by molar-refractivity contribution is 9.10. The second kappa shape index (κ2) is 6.37. The fourth-order valence-electron chi connectivity index (χ4n) is 2.56. The van der Waals surface area contributed by atoms with Crippen LogP contribution < -0.4 is 0 Å². The van der Waals surface area contributed by atoms with Crippen molar-refractivity contribution in [3.63, 3.8) is 0 Å². The van der Waals surface area contributed by atoms with Crippen LogP contribution in [0.4, 0.5) is 17.6 Å². The lowest BCUT2D eigenvalue weighted by Gasteiger charge is -2.19. The molecule has 0 unspecified atom stereocenters. The van der Waals surface area contributed by atoms with E-state index in [0.717, 1.165) is 45.4 Å². The van der Waals surface area contributed by atoms with Gasteiger partial charge in [0.05, 0.1) is 9.79 Å². The molecule has 0 bridgehead atoms. The number of benzene rings is 3. The van der Waals surface area contributed by atoms with Gasteiger partial charge in [0.2, 0.25) is 0 Å². The van der Waals surface area contributed by atoms with Crippen LogP contribution in [0.15, 0.2) is 77.5 Å². The molecule has 0 saturated carbocycles. The second-order valence-electron chi connectivity index (χ2n) is 5.29. The van der Waals surface area contributed by atoms with Crippen LogP contribution in [0.1, 0.15) is 0 Å². The van der Waals surface area contributed by atoms with E-state index in [4.69, 9.17) is 0 Å². The zero-order chi connectivity index (χ0) is 17.7. The Bertz CT molecular complexity index is 932. The molecule has 3 aromatic rings. The predicted octanol–water partition coefficient (Wildman–Crippen LogP) is 6.57. The molecule has 7 heteroatoms. The Balaban J connectivity index is 1.99. The number of fused-ring (bicyclic) bond motifs is 2. The molecule has 0 amide bonds. The van der Waals surface area contributed by atoms with Crippen LogP contribution in [0.3, 0.4) is 0 Å². The lowest BCUT2D eigenvalue weighted by Crippen LogP contribution is -2.13. The SMILES string of the molecule is Fc1cc2c(cc1F)[S+](c1ccc(Br)cc1)c1cc(F)c(F)cc1S2. The molecule has 0 aromatic heterocycles. The maximum absolute atomic E-state index is 13.9. The van der Waals surface area contributed by atoms with Crippen LogP contribution in [-0.2, 0) is 10.9 Å². The summed E-state index contributed by atoms with van der Waals surface area (Å²) < 4.78 is 55.9. The molecule has 0 atom stereocenters. The van der Waals surface area contributed by atoms with Crippen molar-refractivity contribution in [3.05, 3.63) is 76.3 Å². The smallest absolute Gasteiger partial charge is 0.183 e. The van der Waals surface area contributed by atoms with Gasteiger partial charge in [-0.05, 0) is 36.4 Å². The van der Waals surface area contributed by atoms with Gasteiger partial charge in [-0.1, -0.05) is 27.7 Å². The summed E-state index contributed by atoms with van der Waals surface area (Å²) in [6, 6.07) is 11.8. The topological polar surface area (TPSA) is 0 Å². The third-order valence-electron chi connectivity index (χ3n) is 3.68. The van der Waals surface area contributed by atoms with Crippen LogP contribution in [0.2, 0.25) is 0 Å². The quantitative estimate of drug-likeness (QED) is 0.237. The normalized spacial score (nSPS) is 13.5. The Morgan fingerprint density at radius 3 is 1.60 bits per heavy atom. The Kier molecular flexibility index (Phi) is 4.33. The van der Waals surface area contributed by atoms with Gasteiger partial charge in [0.1, 0.15) is 10.9 Å². The third kappa shape index (κ3) is 2.98. The molecular formula is C18H8BrF4S2+. The van der Waals surface area contributed by atoms with Gasteiger partial charge < -0.3 is 0 Å². The van der Waals surface area contributed by atoms with E-state index < -0.39 is 34.2 Å². The number of hydrogen-bond acceptors (Lipinski definition) is 1. The highest BCUT2D eigenvalue weighted by Gasteiger charge is 2.40. The fourth-order valence-corrected chi connectivity index (χ4v) is 6.57. The lowest BCUT2D eigenvalue weighted by atomic mass is 10.3.